The van der Waals surface area contributed by atoms with Crippen molar-refractivity contribution in [3.05, 3.63) is 52.0 Å². The predicted molar refractivity (Wildman–Crippen MR) is 76.7 cm³/mol. The number of nitrogens with two attached hydrogens (primary N) is 2. The Balaban J connectivity index is 2.45. The monoisotopic (exact) mass is 341 g/mol. The molecule has 0 spiro atoms. The van der Waals surface area contributed by atoms with E-state index in [-0.39, 0.29) is 21.4 Å². The van der Waals surface area contributed by atoms with Crippen LogP contribution in [0.1, 0.15) is 10.4 Å². The second-order valence-electron chi connectivity index (χ2n) is 4.04. The number of anilines is 3. The smallest absolute Gasteiger partial charge is 0.250 e. The lowest BCUT2D eigenvalue weighted by atomic mass is 10.1. The van der Waals surface area contributed by atoms with Gasteiger partial charge in [-0.15, -0.1) is 0 Å². The van der Waals surface area contributed by atoms with Crippen molar-refractivity contribution in [1.29, 1.82) is 0 Å². The highest BCUT2D eigenvalue weighted by molar-refractivity contribution is 9.10. The molecular weight excluding hydrogens is 332 g/mol. The number of rotatable bonds is 3. The lowest BCUT2D eigenvalue weighted by Crippen LogP contribution is -2.14. The van der Waals surface area contributed by atoms with E-state index in [2.05, 4.69) is 21.2 Å². The van der Waals surface area contributed by atoms with Crippen molar-refractivity contribution in [3.63, 3.8) is 0 Å². The van der Waals surface area contributed by atoms with Crippen LogP contribution in [0.2, 0.25) is 0 Å². The number of carbonyl (C=O) groups is 1. The van der Waals surface area contributed by atoms with Crippen LogP contribution in [0.3, 0.4) is 0 Å². The number of carbonyl (C=O) groups excluding carboxylic acids is 1. The molecule has 5 N–H and O–H groups in total. The van der Waals surface area contributed by atoms with Gasteiger partial charge in [-0.25, -0.2) is 8.78 Å². The van der Waals surface area contributed by atoms with Crippen LogP contribution in [-0.4, -0.2) is 5.91 Å². The highest BCUT2D eigenvalue weighted by atomic mass is 79.9. The maximum atomic E-state index is 13.7. The fraction of sp³-hybridized carbons (Fsp3) is 0. The summed E-state index contributed by atoms with van der Waals surface area (Å²) in [6.07, 6.45) is 0. The fourth-order valence-corrected chi connectivity index (χ4v) is 1.98. The van der Waals surface area contributed by atoms with Crippen LogP contribution in [0.4, 0.5) is 25.8 Å². The van der Waals surface area contributed by atoms with Gasteiger partial charge in [0.2, 0.25) is 0 Å². The first-order valence-electron chi connectivity index (χ1n) is 5.49. The molecule has 2 aromatic carbocycles. The largest absolute Gasteiger partial charge is 0.399 e. The maximum Gasteiger partial charge on any atom is 0.250 e. The van der Waals surface area contributed by atoms with Gasteiger partial charge in [0, 0.05) is 11.8 Å². The molecular formula is C13H10BrF2N3O. The minimum absolute atomic E-state index is 0.00514. The molecule has 0 heterocycles. The molecule has 0 fully saturated rings. The van der Waals surface area contributed by atoms with E-state index in [0.29, 0.717) is 5.69 Å². The van der Waals surface area contributed by atoms with E-state index in [0.717, 1.165) is 6.07 Å². The zero-order valence-electron chi connectivity index (χ0n) is 10.1. The van der Waals surface area contributed by atoms with Crippen LogP contribution >= 0.6 is 15.9 Å². The normalized spacial score (nSPS) is 10.3. The molecule has 4 nitrogen and oxygen atoms in total. The Labute approximate surface area is 121 Å². The Kier molecular flexibility index (Phi) is 3.89. The lowest BCUT2D eigenvalue weighted by Gasteiger charge is -2.12. The van der Waals surface area contributed by atoms with E-state index in [9.17, 15) is 13.6 Å². The summed E-state index contributed by atoms with van der Waals surface area (Å²) in [5.74, 6) is -2.22. The van der Waals surface area contributed by atoms with Crippen molar-refractivity contribution in [2.75, 3.05) is 11.1 Å². The summed E-state index contributed by atoms with van der Waals surface area (Å²) < 4.78 is 26.9. The average molecular weight is 342 g/mol. The molecule has 104 valence electrons. The number of nitrogens with one attached hydrogen (secondary N) is 1. The minimum Gasteiger partial charge on any atom is -0.399 e. The Hall–Kier alpha value is -2.15. The van der Waals surface area contributed by atoms with Crippen LogP contribution in [-0.2, 0) is 0 Å². The zero-order valence-corrected chi connectivity index (χ0v) is 11.7. The van der Waals surface area contributed by atoms with E-state index in [4.69, 9.17) is 11.5 Å². The third-order valence-corrected chi connectivity index (χ3v) is 3.20. The van der Waals surface area contributed by atoms with Gasteiger partial charge in [0.1, 0.15) is 11.6 Å². The fourth-order valence-electron chi connectivity index (χ4n) is 1.64. The topological polar surface area (TPSA) is 81.1 Å². The maximum absolute atomic E-state index is 13.7. The van der Waals surface area contributed by atoms with Crippen LogP contribution < -0.4 is 16.8 Å². The first kappa shape index (κ1) is 14.3. The molecule has 0 saturated carbocycles. The van der Waals surface area contributed by atoms with Crippen molar-refractivity contribution in [1.82, 2.24) is 0 Å². The van der Waals surface area contributed by atoms with Crippen molar-refractivity contribution < 1.29 is 13.6 Å². The van der Waals surface area contributed by atoms with E-state index in [1.54, 1.807) is 0 Å². The predicted octanol–water partition coefficient (Wildman–Crippen LogP) is 3.15. The van der Waals surface area contributed by atoms with Gasteiger partial charge < -0.3 is 16.8 Å². The number of hydrogen-bond donors (Lipinski definition) is 3. The van der Waals surface area contributed by atoms with Crippen LogP contribution in [0.25, 0.3) is 0 Å². The summed E-state index contributed by atoms with van der Waals surface area (Å²) in [5.41, 5.74) is 11.6. The summed E-state index contributed by atoms with van der Waals surface area (Å²) in [6.45, 7) is 0. The van der Waals surface area contributed by atoms with E-state index in [1.807, 2.05) is 0 Å². The Morgan fingerprint density at radius 1 is 1.10 bits per heavy atom. The summed E-state index contributed by atoms with van der Waals surface area (Å²) in [4.78, 5) is 11.3. The number of halogens is 3. The molecule has 0 saturated heterocycles. The Bertz CT molecular complexity index is 692. The molecule has 0 aliphatic heterocycles. The molecule has 20 heavy (non-hydrogen) atoms. The summed E-state index contributed by atoms with van der Waals surface area (Å²) in [6, 6.07) is 6.36. The molecule has 0 radical (unpaired) electrons. The molecule has 0 atom stereocenters. The van der Waals surface area contributed by atoms with Crippen LogP contribution in [0.15, 0.2) is 34.8 Å². The summed E-state index contributed by atoms with van der Waals surface area (Å²) in [7, 11) is 0. The SMILES string of the molecule is NC(=O)c1cc(N)ccc1Nc1cc(Br)c(F)cc1F. The molecule has 0 bridgehead atoms. The van der Waals surface area contributed by atoms with Gasteiger partial charge in [-0.2, -0.15) is 0 Å². The van der Waals surface area contributed by atoms with Gasteiger partial charge in [0.05, 0.1) is 21.4 Å². The van der Waals surface area contributed by atoms with Gasteiger partial charge in [-0.3, -0.25) is 4.79 Å². The van der Waals surface area contributed by atoms with E-state index < -0.39 is 17.5 Å². The number of primary amides is 1. The molecule has 0 aliphatic carbocycles. The lowest BCUT2D eigenvalue weighted by molar-refractivity contribution is 0.100. The summed E-state index contributed by atoms with van der Waals surface area (Å²) in [5, 5.41) is 2.69. The highest BCUT2D eigenvalue weighted by Gasteiger charge is 2.13. The van der Waals surface area contributed by atoms with Crippen molar-refractivity contribution >= 4 is 38.9 Å². The molecule has 2 aromatic rings. The third-order valence-electron chi connectivity index (χ3n) is 2.59. The third kappa shape index (κ3) is 2.88. The highest BCUT2D eigenvalue weighted by Crippen LogP contribution is 2.28. The minimum atomic E-state index is -0.794. The summed E-state index contributed by atoms with van der Waals surface area (Å²) >= 11 is 2.96. The Morgan fingerprint density at radius 3 is 2.45 bits per heavy atom. The molecule has 2 rings (SSSR count). The number of benzene rings is 2. The van der Waals surface area contributed by atoms with E-state index in [1.165, 1.54) is 24.3 Å². The number of nitrogen functional groups attached to an aromatic ring is 1. The molecule has 0 unspecified atom stereocenters. The van der Waals surface area contributed by atoms with Crippen molar-refractivity contribution in [3.8, 4) is 0 Å². The van der Waals surface area contributed by atoms with Gasteiger partial charge >= 0.3 is 0 Å². The van der Waals surface area contributed by atoms with Gasteiger partial charge in [0.25, 0.3) is 5.91 Å². The zero-order chi connectivity index (χ0) is 14.9. The first-order valence-corrected chi connectivity index (χ1v) is 6.28. The van der Waals surface area contributed by atoms with Crippen molar-refractivity contribution in [2.24, 2.45) is 5.73 Å². The second kappa shape index (κ2) is 5.46. The molecule has 0 aliphatic rings. The van der Waals surface area contributed by atoms with Gasteiger partial charge in [0.15, 0.2) is 0 Å². The molecule has 0 aromatic heterocycles. The van der Waals surface area contributed by atoms with E-state index >= 15 is 0 Å². The number of hydrogen-bond acceptors (Lipinski definition) is 3. The molecule has 1 amide bonds. The second-order valence-corrected chi connectivity index (χ2v) is 4.89. The van der Waals surface area contributed by atoms with Crippen molar-refractivity contribution in [2.45, 2.75) is 0 Å². The van der Waals surface area contributed by atoms with Gasteiger partial charge in [-0.1, -0.05) is 0 Å². The quantitative estimate of drug-likeness (QED) is 0.592. The number of amides is 1. The standard InChI is InChI=1S/C13H10BrF2N3O/c14-8-4-12(10(16)5-9(8)15)19-11-2-1-6(17)3-7(11)13(18)20/h1-5,19H,17H2,(H2,18,20). The van der Waals surface area contributed by atoms with Crippen LogP contribution in [0.5, 0.6) is 0 Å². The first-order chi connectivity index (χ1) is 9.38. The van der Waals surface area contributed by atoms with Crippen LogP contribution in [0, 0.1) is 11.6 Å². The molecule has 7 heteroatoms. The average Bonchev–Trinajstić information content (AvgIpc) is 2.37. The Morgan fingerprint density at radius 2 is 1.80 bits per heavy atom. The van der Waals surface area contributed by atoms with Gasteiger partial charge in [-0.05, 0) is 40.2 Å².